The lowest BCUT2D eigenvalue weighted by atomic mass is 10.4. The van der Waals surface area contributed by atoms with Crippen molar-refractivity contribution >= 4 is 32.5 Å². The number of thiazole rings is 1. The first-order valence-electron chi connectivity index (χ1n) is 3.62. The van der Waals surface area contributed by atoms with Crippen molar-refractivity contribution in [3.8, 4) is 0 Å². The molecule has 1 rings (SSSR count). The number of alkyl halides is 3. The molecule has 0 aromatic carbocycles. The lowest BCUT2D eigenvalue weighted by Gasteiger charge is -2.04. The van der Waals surface area contributed by atoms with E-state index in [0.29, 0.717) is 0 Å². The summed E-state index contributed by atoms with van der Waals surface area (Å²) in [4.78, 5) is 13.0. The molecule has 0 atom stereocenters. The van der Waals surface area contributed by atoms with Gasteiger partial charge in [-0.3, -0.25) is 5.32 Å². The van der Waals surface area contributed by atoms with Gasteiger partial charge in [-0.1, -0.05) is 11.3 Å². The van der Waals surface area contributed by atoms with Crippen LogP contribution in [0.25, 0.3) is 0 Å². The van der Waals surface area contributed by atoms with Gasteiger partial charge < -0.3 is 5.11 Å². The fraction of sp³-hybridized carbons (Fsp3) is 0.200. The summed E-state index contributed by atoms with van der Waals surface area (Å²) in [6.45, 7) is 0. The number of nitrogens with one attached hydrogen (secondary N) is 1. The molecule has 0 aliphatic carbocycles. The van der Waals surface area contributed by atoms with Crippen LogP contribution in [0, 0.1) is 0 Å². The second-order valence-electron chi connectivity index (χ2n) is 2.63. The number of rotatable bonds is 2. The Labute approximate surface area is 96.1 Å². The summed E-state index contributed by atoms with van der Waals surface area (Å²) in [5.74, 6) is 0. The number of carboxylic acid groups (broad SMARTS) is 1. The molecule has 1 heterocycles. The summed E-state index contributed by atoms with van der Waals surface area (Å²) in [6, 6.07) is 0. The number of nitrogens with zero attached hydrogens (tertiary/aromatic N) is 1. The summed E-state index contributed by atoms with van der Waals surface area (Å²) >= 11 is -0.0144. The average Bonchev–Trinajstić information content (AvgIpc) is 2.44. The molecule has 0 spiro atoms. The fourth-order valence-electron chi connectivity index (χ4n) is 0.796. The van der Waals surface area contributed by atoms with Crippen LogP contribution in [0.2, 0.25) is 0 Å². The number of sulfonamides is 1. The molecule has 96 valence electrons. The van der Waals surface area contributed by atoms with E-state index in [1.165, 1.54) is 5.32 Å². The number of carbonyl (C=O) groups is 1. The SMILES string of the molecule is NS(=O)(=O)c1nc(C(F)(F)F)c(NC(=O)O)s1. The topological polar surface area (TPSA) is 122 Å². The Balaban J connectivity index is 3.37. The van der Waals surface area contributed by atoms with E-state index in [1.807, 2.05) is 0 Å². The van der Waals surface area contributed by atoms with Gasteiger partial charge in [-0.25, -0.2) is 23.3 Å². The maximum Gasteiger partial charge on any atom is 0.436 e. The average molecular weight is 291 g/mol. The summed E-state index contributed by atoms with van der Waals surface area (Å²) in [5.41, 5.74) is -1.64. The maximum absolute atomic E-state index is 12.4. The smallest absolute Gasteiger partial charge is 0.436 e. The molecule has 1 aromatic heterocycles. The third-order valence-corrected chi connectivity index (χ3v) is 3.63. The molecule has 0 saturated heterocycles. The van der Waals surface area contributed by atoms with Crippen LogP contribution in [0.4, 0.5) is 23.0 Å². The van der Waals surface area contributed by atoms with E-state index in [4.69, 9.17) is 5.11 Å². The highest BCUT2D eigenvalue weighted by molar-refractivity contribution is 7.91. The molecule has 0 bridgehead atoms. The second-order valence-corrected chi connectivity index (χ2v) is 5.36. The van der Waals surface area contributed by atoms with Crippen molar-refractivity contribution < 1.29 is 31.5 Å². The minimum Gasteiger partial charge on any atom is -0.465 e. The Morgan fingerprint density at radius 3 is 2.35 bits per heavy atom. The number of nitrogens with two attached hydrogens (primary N) is 1. The second kappa shape index (κ2) is 4.12. The van der Waals surface area contributed by atoms with E-state index in [-0.39, 0.29) is 11.3 Å². The van der Waals surface area contributed by atoms with E-state index >= 15 is 0 Å². The molecule has 1 amide bonds. The minimum atomic E-state index is -4.99. The molecule has 7 nitrogen and oxygen atoms in total. The van der Waals surface area contributed by atoms with Crippen molar-refractivity contribution in [2.45, 2.75) is 10.5 Å². The number of amides is 1. The van der Waals surface area contributed by atoms with E-state index in [2.05, 4.69) is 10.1 Å². The molecule has 0 saturated carbocycles. The van der Waals surface area contributed by atoms with Gasteiger partial charge in [0.25, 0.3) is 10.0 Å². The lowest BCUT2D eigenvalue weighted by Crippen LogP contribution is -2.14. The van der Waals surface area contributed by atoms with Crippen LogP contribution in [-0.2, 0) is 16.2 Å². The minimum absolute atomic E-state index is 0.0144. The van der Waals surface area contributed by atoms with Gasteiger partial charge in [-0.05, 0) is 0 Å². The van der Waals surface area contributed by atoms with Crippen molar-refractivity contribution in [2.24, 2.45) is 5.14 Å². The van der Waals surface area contributed by atoms with Crippen molar-refractivity contribution in [1.82, 2.24) is 4.98 Å². The summed E-state index contributed by atoms with van der Waals surface area (Å²) in [5, 5.41) is 13.3. The Morgan fingerprint density at radius 1 is 1.47 bits per heavy atom. The van der Waals surface area contributed by atoms with E-state index in [1.54, 1.807) is 0 Å². The quantitative estimate of drug-likeness (QED) is 0.747. The highest BCUT2D eigenvalue weighted by atomic mass is 32.2. The van der Waals surface area contributed by atoms with Crippen LogP contribution in [0.1, 0.15) is 5.69 Å². The van der Waals surface area contributed by atoms with Crippen LogP contribution >= 0.6 is 11.3 Å². The fourth-order valence-corrected chi connectivity index (χ4v) is 2.44. The third kappa shape index (κ3) is 3.28. The first-order chi connectivity index (χ1) is 7.51. The zero-order valence-electron chi connectivity index (χ0n) is 7.65. The van der Waals surface area contributed by atoms with Gasteiger partial charge >= 0.3 is 12.3 Å². The zero-order valence-corrected chi connectivity index (χ0v) is 9.28. The summed E-state index contributed by atoms with van der Waals surface area (Å²) in [7, 11) is -4.43. The van der Waals surface area contributed by atoms with Crippen LogP contribution in [0.5, 0.6) is 0 Å². The third-order valence-electron chi connectivity index (χ3n) is 1.34. The van der Waals surface area contributed by atoms with Gasteiger partial charge in [0.05, 0.1) is 0 Å². The molecule has 0 fully saturated rings. The van der Waals surface area contributed by atoms with Crippen LogP contribution in [-0.4, -0.2) is 24.6 Å². The summed E-state index contributed by atoms with van der Waals surface area (Å²) in [6.07, 6.45) is -6.77. The Bertz CT molecular complexity index is 549. The van der Waals surface area contributed by atoms with E-state index < -0.39 is 37.3 Å². The molecule has 0 aliphatic heterocycles. The van der Waals surface area contributed by atoms with Gasteiger partial charge in [-0.2, -0.15) is 13.2 Å². The van der Waals surface area contributed by atoms with Crippen molar-refractivity contribution in [3.05, 3.63) is 5.69 Å². The molecular formula is C5H4F3N3O4S2. The van der Waals surface area contributed by atoms with Crippen molar-refractivity contribution in [3.63, 3.8) is 0 Å². The molecule has 4 N–H and O–H groups in total. The standard InChI is InChI=1S/C5H4F3N3O4S2/c6-5(7,8)1-2(11-3(12)13)16-4(10-1)17(9,14)15/h11H,(H,12,13)(H2,9,14,15). The van der Waals surface area contributed by atoms with Crippen LogP contribution in [0.3, 0.4) is 0 Å². The maximum atomic E-state index is 12.4. The normalized spacial score (nSPS) is 12.5. The Morgan fingerprint density at radius 2 is 2.00 bits per heavy atom. The number of hydrogen-bond acceptors (Lipinski definition) is 5. The molecule has 12 heteroatoms. The van der Waals surface area contributed by atoms with Crippen LogP contribution in [0.15, 0.2) is 4.34 Å². The predicted molar refractivity (Wildman–Crippen MR) is 50.1 cm³/mol. The lowest BCUT2D eigenvalue weighted by molar-refractivity contribution is -0.140. The van der Waals surface area contributed by atoms with E-state index in [0.717, 1.165) is 0 Å². The number of hydrogen-bond donors (Lipinski definition) is 3. The molecule has 17 heavy (non-hydrogen) atoms. The van der Waals surface area contributed by atoms with Crippen LogP contribution < -0.4 is 10.5 Å². The largest absolute Gasteiger partial charge is 0.465 e. The van der Waals surface area contributed by atoms with Crippen molar-refractivity contribution in [1.29, 1.82) is 0 Å². The Kier molecular flexibility index (Phi) is 3.31. The van der Waals surface area contributed by atoms with Crippen molar-refractivity contribution in [2.75, 3.05) is 5.32 Å². The number of anilines is 1. The highest BCUT2D eigenvalue weighted by Gasteiger charge is 2.39. The molecule has 1 aromatic rings. The molecule has 0 aliphatic rings. The number of aromatic nitrogens is 1. The number of halogens is 3. The zero-order chi connectivity index (χ0) is 13.4. The first kappa shape index (κ1) is 13.7. The van der Waals surface area contributed by atoms with Gasteiger partial charge in [0.1, 0.15) is 5.00 Å². The first-order valence-corrected chi connectivity index (χ1v) is 5.99. The van der Waals surface area contributed by atoms with Gasteiger partial charge in [0.2, 0.25) is 4.34 Å². The molecule has 0 radical (unpaired) electrons. The summed E-state index contributed by atoms with van der Waals surface area (Å²) < 4.78 is 57.7. The van der Waals surface area contributed by atoms with Gasteiger partial charge in [-0.15, -0.1) is 0 Å². The molecular weight excluding hydrogens is 287 g/mol. The monoisotopic (exact) mass is 291 g/mol. The van der Waals surface area contributed by atoms with Gasteiger partial charge in [0, 0.05) is 0 Å². The predicted octanol–water partition coefficient (Wildman–Crippen LogP) is 0.899. The van der Waals surface area contributed by atoms with Gasteiger partial charge in [0.15, 0.2) is 5.69 Å². The van der Waals surface area contributed by atoms with E-state index in [9.17, 15) is 26.4 Å². The Hall–Kier alpha value is -1.40. The molecule has 0 unspecified atom stereocenters. The number of primary sulfonamides is 1. The highest BCUT2D eigenvalue weighted by Crippen LogP contribution is 2.38.